The van der Waals surface area contributed by atoms with Crippen molar-refractivity contribution >= 4 is 27.7 Å². The lowest BCUT2D eigenvalue weighted by molar-refractivity contribution is 0.0541. The highest BCUT2D eigenvalue weighted by Gasteiger charge is 2.32. The molecule has 4 bridgehead atoms. The fourth-order valence-corrected chi connectivity index (χ4v) is 8.13. The molecule has 1 saturated carbocycles. The molecule has 0 radical (unpaired) electrons. The monoisotopic (exact) mass is 667 g/mol. The van der Waals surface area contributed by atoms with Crippen molar-refractivity contribution in [3.8, 4) is 17.1 Å². The van der Waals surface area contributed by atoms with E-state index >= 15 is 0 Å². The minimum Gasteiger partial charge on any atom is -0.475 e. The molecular weight excluding hydrogens is 627 g/mol. The van der Waals surface area contributed by atoms with Gasteiger partial charge >= 0.3 is 0 Å². The molecule has 7 rings (SSSR count). The topological polar surface area (TPSA) is 131 Å². The Balaban J connectivity index is 1.33. The molecule has 3 aliphatic rings. The molecule has 0 spiro atoms. The molecule has 48 heavy (non-hydrogen) atoms. The fourth-order valence-electron chi connectivity index (χ4n) is 7.14. The first-order valence-corrected chi connectivity index (χ1v) is 18.2. The summed E-state index contributed by atoms with van der Waals surface area (Å²) in [5.74, 6) is 1.06. The molecule has 0 unspecified atom stereocenters. The summed E-state index contributed by atoms with van der Waals surface area (Å²) in [6.07, 6.45) is 9.80. The van der Waals surface area contributed by atoms with Crippen molar-refractivity contribution < 1.29 is 17.9 Å². The van der Waals surface area contributed by atoms with E-state index in [0.29, 0.717) is 23.3 Å². The first kappa shape index (κ1) is 32.0. The number of ether oxygens (including phenoxy) is 1. The van der Waals surface area contributed by atoms with Crippen LogP contribution in [-0.4, -0.2) is 64.4 Å². The molecule has 11 nitrogen and oxygen atoms in total. The summed E-state index contributed by atoms with van der Waals surface area (Å²) < 4.78 is 36.4. The van der Waals surface area contributed by atoms with Crippen LogP contribution in [0.25, 0.3) is 11.3 Å². The van der Waals surface area contributed by atoms with Crippen LogP contribution >= 0.6 is 0 Å². The third-order valence-corrected chi connectivity index (χ3v) is 11.2. The molecule has 1 aliphatic carbocycles. The summed E-state index contributed by atoms with van der Waals surface area (Å²) in [5.41, 5.74) is 4.33. The molecule has 1 amide bonds. The van der Waals surface area contributed by atoms with Gasteiger partial charge in [-0.15, -0.1) is 0 Å². The minimum absolute atomic E-state index is 0.0583. The van der Waals surface area contributed by atoms with Gasteiger partial charge in [0.25, 0.3) is 15.9 Å². The quantitative estimate of drug-likeness (QED) is 0.266. The molecule has 250 valence electrons. The highest BCUT2D eigenvalue weighted by atomic mass is 32.2. The van der Waals surface area contributed by atoms with Gasteiger partial charge in [0.05, 0.1) is 41.3 Å². The van der Waals surface area contributed by atoms with Gasteiger partial charge in [-0.05, 0) is 68.9 Å². The van der Waals surface area contributed by atoms with Gasteiger partial charge in [-0.3, -0.25) is 9.78 Å². The molecule has 2 aliphatic heterocycles. The Labute approximate surface area is 281 Å². The van der Waals surface area contributed by atoms with E-state index in [0.717, 1.165) is 67.6 Å². The number of hydrogen-bond donors (Lipinski definition) is 1. The Morgan fingerprint density at radius 2 is 1.73 bits per heavy atom. The zero-order chi connectivity index (χ0) is 33.4. The van der Waals surface area contributed by atoms with Crippen LogP contribution in [-0.2, 0) is 16.6 Å². The molecule has 2 fully saturated rings. The number of anilines is 2. The van der Waals surface area contributed by atoms with Crippen LogP contribution in [0.3, 0.4) is 0 Å². The number of carbonyl (C=O) groups excluding carboxylic acids is 1. The van der Waals surface area contributed by atoms with Gasteiger partial charge in [-0.25, -0.2) is 23.1 Å². The number of fused-ring (bicyclic) bond motifs is 4. The number of nitrogens with one attached hydrogen (secondary N) is 1. The first-order valence-electron chi connectivity index (χ1n) is 16.7. The van der Waals surface area contributed by atoms with Gasteiger partial charge in [-0.2, -0.15) is 4.98 Å². The van der Waals surface area contributed by atoms with Crippen molar-refractivity contribution in [3.63, 3.8) is 0 Å². The molecule has 2 aromatic carbocycles. The summed E-state index contributed by atoms with van der Waals surface area (Å²) in [6, 6.07) is 13.9. The van der Waals surface area contributed by atoms with Crippen LogP contribution in [0.5, 0.6) is 5.88 Å². The van der Waals surface area contributed by atoms with Crippen molar-refractivity contribution in [2.45, 2.75) is 82.8 Å². The Bertz CT molecular complexity index is 1930. The molecule has 4 heterocycles. The summed E-state index contributed by atoms with van der Waals surface area (Å²) in [4.78, 5) is 37.0. The number of aromatic nitrogens is 4. The second kappa shape index (κ2) is 13.1. The zero-order valence-corrected chi connectivity index (χ0v) is 28.4. The van der Waals surface area contributed by atoms with Crippen LogP contribution in [0, 0.1) is 19.8 Å². The lowest BCUT2D eigenvalue weighted by atomic mass is 9.97. The molecule has 12 heteroatoms. The largest absolute Gasteiger partial charge is 0.475 e. The van der Waals surface area contributed by atoms with Gasteiger partial charge in [-0.1, -0.05) is 49.9 Å². The molecule has 2 atom stereocenters. The number of benzene rings is 2. The van der Waals surface area contributed by atoms with E-state index in [1.165, 1.54) is 12.1 Å². The van der Waals surface area contributed by atoms with E-state index in [1.807, 2.05) is 32.0 Å². The normalized spacial score (nSPS) is 20.9. The van der Waals surface area contributed by atoms with E-state index in [2.05, 4.69) is 31.5 Å². The average molecular weight is 668 g/mol. The number of carbonyl (C=O) groups is 1. The van der Waals surface area contributed by atoms with Crippen LogP contribution in [0.15, 0.2) is 65.8 Å². The van der Waals surface area contributed by atoms with Crippen molar-refractivity contribution in [3.05, 3.63) is 83.3 Å². The van der Waals surface area contributed by atoms with Gasteiger partial charge in [0.1, 0.15) is 12.4 Å². The Hall–Kier alpha value is -4.58. The molecule has 2 aromatic heterocycles. The Morgan fingerprint density at radius 3 is 2.46 bits per heavy atom. The van der Waals surface area contributed by atoms with Gasteiger partial charge in [0.15, 0.2) is 0 Å². The zero-order valence-electron chi connectivity index (χ0n) is 27.6. The maximum Gasteiger partial charge on any atom is 0.264 e. The van der Waals surface area contributed by atoms with E-state index in [-0.39, 0.29) is 47.4 Å². The van der Waals surface area contributed by atoms with Crippen LogP contribution < -0.4 is 14.4 Å². The molecule has 1 saturated heterocycles. The third-order valence-electron chi connectivity index (χ3n) is 9.88. The van der Waals surface area contributed by atoms with Crippen molar-refractivity contribution in [2.24, 2.45) is 5.92 Å². The maximum absolute atomic E-state index is 14.5. The molecule has 1 N–H and O–H groups in total. The van der Waals surface area contributed by atoms with Crippen LogP contribution in [0.4, 0.5) is 11.8 Å². The average Bonchev–Trinajstić information content (AvgIpc) is 3.57. The second-order valence-electron chi connectivity index (χ2n) is 13.3. The summed E-state index contributed by atoms with van der Waals surface area (Å²) >= 11 is 0. The first-order chi connectivity index (χ1) is 23.1. The van der Waals surface area contributed by atoms with Crippen molar-refractivity contribution in [2.75, 3.05) is 22.8 Å². The Morgan fingerprint density at radius 1 is 0.958 bits per heavy atom. The predicted octanol–water partition coefficient (Wildman–Crippen LogP) is 5.93. The number of amides is 1. The van der Waals surface area contributed by atoms with Gasteiger partial charge < -0.3 is 14.5 Å². The number of sulfonamides is 1. The highest BCUT2D eigenvalue weighted by molar-refractivity contribution is 7.92. The predicted molar refractivity (Wildman–Crippen MR) is 183 cm³/mol. The second-order valence-corrected chi connectivity index (χ2v) is 15.0. The van der Waals surface area contributed by atoms with Crippen LogP contribution in [0.2, 0.25) is 0 Å². The maximum atomic E-state index is 14.5. The lowest BCUT2D eigenvalue weighted by Crippen LogP contribution is -2.46. The van der Waals surface area contributed by atoms with Crippen molar-refractivity contribution in [1.29, 1.82) is 0 Å². The van der Waals surface area contributed by atoms with Crippen molar-refractivity contribution in [1.82, 2.24) is 24.8 Å². The number of rotatable bonds is 6. The van der Waals surface area contributed by atoms with E-state index in [9.17, 15) is 13.2 Å². The van der Waals surface area contributed by atoms with E-state index in [4.69, 9.17) is 9.72 Å². The van der Waals surface area contributed by atoms with E-state index in [1.54, 1.807) is 35.5 Å². The smallest absolute Gasteiger partial charge is 0.264 e. The Kier molecular flexibility index (Phi) is 8.76. The van der Waals surface area contributed by atoms with Gasteiger partial charge in [0.2, 0.25) is 11.8 Å². The summed E-state index contributed by atoms with van der Waals surface area (Å²) in [7, 11) is -4.16. The van der Waals surface area contributed by atoms with Crippen LogP contribution in [0.1, 0.15) is 72.6 Å². The molecule has 4 aromatic rings. The lowest BCUT2D eigenvalue weighted by Gasteiger charge is -2.39. The minimum atomic E-state index is -4.16. The number of aryl methyl sites for hydroxylation is 2. The standard InChI is InChI=1S/C36H41N7O4S/c1-23-8-6-9-24(2)34(23)31-18-33-40-36(39-31)41-48(45,46)30-13-7-12-27(17-30)35(44)43(29(22-47-33)16-26-10-4-5-11-26)21-28-19-37-20-32(38-28)42-15-14-25(42)3/h6-9,12-13,17-20,25-26,29H,4-5,10-11,14-16,21-22H2,1-3H3,(H,39,40,41)/t25-,29+/m0/s1. The summed E-state index contributed by atoms with van der Waals surface area (Å²) in [6.45, 7) is 7.42. The SMILES string of the molecule is Cc1cccc(C)c1-c1cc2nc(n1)NS(=O)(=O)c1cccc(c1)C(=O)N(Cc1cncc(N3CC[C@@H]3C)n1)[C@H](CC1CCCC1)CO2. The molecular formula is C36H41N7O4S. The number of nitrogens with zero attached hydrogens (tertiary/aromatic N) is 6. The van der Waals surface area contributed by atoms with E-state index < -0.39 is 10.0 Å². The fraction of sp³-hybridized carbons (Fsp3) is 0.417. The number of hydrogen-bond acceptors (Lipinski definition) is 9. The van der Waals surface area contributed by atoms with Gasteiger partial charge in [0, 0.05) is 29.8 Å². The third kappa shape index (κ3) is 6.58. The highest BCUT2D eigenvalue weighted by Crippen LogP contribution is 2.33. The summed E-state index contributed by atoms with van der Waals surface area (Å²) in [5, 5.41) is 0.